The second-order valence-corrected chi connectivity index (χ2v) is 6.15. The van der Waals surface area contributed by atoms with Crippen LogP contribution in [0, 0.1) is 13.8 Å². The lowest BCUT2D eigenvalue weighted by Crippen LogP contribution is -2.37. The molecule has 2 aromatic carbocycles. The fourth-order valence-corrected chi connectivity index (χ4v) is 3.01. The van der Waals surface area contributed by atoms with Crippen LogP contribution in [0.15, 0.2) is 54.3 Å². The van der Waals surface area contributed by atoms with Crippen LogP contribution in [-0.2, 0) is 9.53 Å². The first-order chi connectivity index (χ1) is 11.5. The zero-order valence-corrected chi connectivity index (χ0v) is 14.1. The van der Waals surface area contributed by atoms with E-state index < -0.39 is 0 Å². The van der Waals surface area contributed by atoms with Gasteiger partial charge in [0.2, 0.25) is 0 Å². The Kier molecular flexibility index (Phi) is 4.30. The van der Waals surface area contributed by atoms with Gasteiger partial charge in [0.25, 0.3) is 5.91 Å². The normalized spacial score (nSPS) is 17.6. The summed E-state index contributed by atoms with van der Waals surface area (Å²) in [7, 11) is 1.57. The lowest BCUT2D eigenvalue weighted by atomic mass is 9.95. The quantitative estimate of drug-likeness (QED) is 0.928. The Morgan fingerprint density at radius 3 is 2.42 bits per heavy atom. The molecule has 0 unspecified atom stereocenters. The van der Waals surface area contributed by atoms with E-state index in [0.29, 0.717) is 17.9 Å². The minimum absolute atomic E-state index is 0.0975. The Balaban J connectivity index is 2.11. The van der Waals surface area contributed by atoms with Gasteiger partial charge in [-0.25, -0.2) is 0 Å². The summed E-state index contributed by atoms with van der Waals surface area (Å²) in [5.41, 5.74) is 3.68. The van der Waals surface area contributed by atoms with E-state index in [1.807, 2.05) is 50.2 Å². The Hall–Kier alpha value is -2.75. The number of rotatable bonds is 3. The van der Waals surface area contributed by atoms with Gasteiger partial charge in [-0.15, -0.1) is 0 Å². The van der Waals surface area contributed by atoms with Crippen molar-refractivity contribution in [2.24, 2.45) is 0 Å². The summed E-state index contributed by atoms with van der Waals surface area (Å²) in [4.78, 5) is 14.4. The fourth-order valence-electron chi connectivity index (χ4n) is 3.01. The van der Waals surface area contributed by atoms with E-state index in [1.54, 1.807) is 18.1 Å². The number of anilines is 1. The molecule has 0 spiro atoms. The van der Waals surface area contributed by atoms with E-state index in [1.165, 1.54) is 6.08 Å². The maximum Gasteiger partial charge on any atom is 0.255 e. The number of ether oxygens (including phenoxy) is 1. The van der Waals surface area contributed by atoms with Crippen molar-refractivity contribution in [1.29, 1.82) is 0 Å². The first-order valence-corrected chi connectivity index (χ1v) is 7.93. The summed E-state index contributed by atoms with van der Waals surface area (Å²) in [6.45, 7) is 3.97. The van der Waals surface area contributed by atoms with Crippen molar-refractivity contribution in [3.8, 4) is 5.75 Å². The van der Waals surface area contributed by atoms with Crippen LogP contribution in [0.1, 0.15) is 29.2 Å². The molecule has 1 atom stereocenters. The minimum Gasteiger partial charge on any atom is -0.506 e. The predicted molar refractivity (Wildman–Crippen MR) is 94.0 cm³/mol. The van der Waals surface area contributed by atoms with Gasteiger partial charge in [-0.3, -0.25) is 9.69 Å². The van der Waals surface area contributed by atoms with Crippen molar-refractivity contribution in [2.45, 2.75) is 26.3 Å². The third-order valence-corrected chi connectivity index (χ3v) is 4.34. The van der Waals surface area contributed by atoms with Crippen molar-refractivity contribution in [2.75, 3.05) is 12.0 Å². The second kappa shape index (κ2) is 6.40. The van der Waals surface area contributed by atoms with Crippen LogP contribution < -0.4 is 4.90 Å². The molecule has 4 heteroatoms. The van der Waals surface area contributed by atoms with Gasteiger partial charge in [0.1, 0.15) is 11.5 Å². The van der Waals surface area contributed by atoms with Gasteiger partial charge in [-0.1, -0.05) is 35.9 Å². The van der Waals surface area contributed by atoms with Crippen LogP contribution in [-0.4, -0.2) is 18.1 Å². The molecule has 0 saturated carbocycles. The van der Waals surface area contributed by atoms with E-state index >= 15 is 0 Å². The Morgan fingerprint density at radius 2 is 1.75 bits per heavy atom. The highest BCUT2D eigenvalue weighted by Crippen LogP contribution is 2.40. The summed E-state index contributed by atoms with van der Waals surface area (Å²) in [5, 5.41) is 10.3. The van der Waals surface area contributed by atoms with Gasteiger partial charge >= 0.3 is 0 Å². The van der Waals surface area contributed by atoms with E-state index in [9.17, 15) is 9.90 Å². The van der Waals surface area contributed by atoms with Crippen molar-refractivity contribution >= 4 is 11.6 Å². The molecule has 0 aromatic heterocycles. The first-order valence-electron chi connectivity index (χ1n) is 7.93. The molecule has 2 aromatic rings. The van der Waals surface area contributed by atoms with Crippen LogP contribution >= 0.6 is 0 Å². The molecule has 0 bridgehead atoms. The molecule has 124 valence electrons. The minimum atomic E-state index is -0.217. The van der Waals surface area contributed by atoms with Crippen molar-refractivity contribution in [3.05, 3.63) is 71.0 Å². The van der Waals surface area contributed by atoms with Crippen LogP contribution in [0.5, 0.6) is 5.75 Å². The Bertz CT molecular complexity index is 793. The van der Waals surface area contributed by atoms with Crippen LogP contribution in [0.3, 0.4) is 0 Å². The first kappa shape index (κ1) is 16.1. The molecular formula is C20H21NO3. The third kappa shape index (κ3) is 3.00. The molecule has 3 rings (SSSR count). The van der Waals surface area contributed by atoms with Gasteiger partial charge in [0.05, 0.1) is 18.8 Å². The van der Waals surface area contributed by atoms with E-state index in [-0.39, 0.29) is 17.7 Å². The Morgan fingerprint density at radius 1 is 1.08 bits per heavy atom. The number of carbonyl (C=O) groups excluding carboxylic acids is 1. The molecule has 1 aliphatic rings. The van der Waals surface area contributed by atoms with Gasteiger partial charge in [-0.05, 0) is 37.1 Å². The summed E-state index contributed by atoms with van der Waals surface area (Å²) >= 11 is 0. The van der Waals surface area contributed by atoms with Crippen LogP contribution in [0.2, 0.25) is 0 Å². The molecule has 0 radical (unpaired) electrons. The zero-order valence-electron chi connectivity index (χ0n) is 14.1. The van der Waals surface area contributed by atoms with E-state index in [0.717, 1.165) is 16.7 Å². The smallest absolute Gasteiger partial charge is 0.255 e. The summed E-state index contributed by atoms with van der Waals surface area (Å²) < 4.78 is 5.33. The maximum atomic E-state index is 12.7. The van der Waals surface area contributed by atoms with E-state index in [2.05, 4.69) is 0 Å². The molecule has 0 aliphatic carbocycles. The molecule has 1 N–H and O–H groups in total. The highest BCUT2D eigenvalue weighted by Gasteiger charge is 2.33. The standard InChI is InChI=1S/C20H21NO3/c1-13-4-7-15(8-5-13)17-11-16(24-3)12-20(23)21(17)18-10-14(2)6-9-19(18)22/h4-10,12,17,22H,11H2,1-3H3/t17-/m1/s1. The Labute approximate surface area is 142 Å². The molecule has 24 heavy (non-hydrogen) atoms. The molecule has 1 aliphatic heterocycles. The number of nitrogens with zero attached hydrogens (tertiary/aromatic N) is 1. The average Bonchev–Trinajstić information content (AvgIpc) is 2.57. The number of carbonyl (C=O) groups is 1. The van der Waals surface area contributed by atoms with Gasteiger partial charge in [0.15, 0.2) is 0 Å². The SMILES string of the molecule is COC1=CC(=O)N(c2cc(C)ccc2O)[C@@H](c2ccc(C)cc2)C1. The molecule has 1 amide bonds. The maximum absolute atomic E-state index is 12.7. The topological polar surface area (TPSA) is 49.8 Å². The fraction of sp³-hybridized carbons (Fsp3) is 0.250. The van der Waals surface area contributed by atoms with E-state index in [4.69, 9.17) is 4.74 Å². The largest absolute Gasteiger partial charge is 0.506 e. The number of aromatic hydroxyl groups is 1. The number of methoxy groups -OCH3 is 1. The van der Waals surface area contributed by atoms with Crippen molar-refractivity contribution < 1.29 is 14.6 Å². The number of amides is 1. The molecule has 1 heterocycles. The van der Waals surface area contributed by atoms with Crippen LogP contribution in [0.4, 0.5) is 5.69 Å². The third-order valence-electron chi connectivity index (χ3n) is 4.34. The molecular weight excluding hydrogens is 302 g/mol. The number of hydrogen-bond donors (Lipinski definition) is 1. The molecule has 0 fully saturated rings. The lowest BCUT2D eigenvalue weighted by molar-refractivity contribution is -0.115. The zero-order chi connectivity index (χ0) is 17.3. The van der Waals surface area contributed by atoms with Crippen LogP contribution in [0.25, 0.3) is 0 Å². The number of benzene rings is 2. The highest BCUT2D eigenvalue weighted by atomic mass is 16.5. The van der Waals surface area contributed by atoms with Gasteiger partial charge in [-0.2, -0.15) is 0 Å². The monoisotopic (exact) mass is 323 g/mol. The molecule has 0 saturated heterocycles. The summed E-state index contributed by atoms with van der Waals surface area (Å²) in [6, 6.07) is 13.2. The van der Waals surface area contributed by atoms with Crippen molar-refractivity contribution in [1.82, 2.24) is 0 Å². The highest BCUT2D eigenvalue weighted by molar-refractivity contribution is 6.04. The second-order valence-electron chi connectivity index (χ2n) is 6.15. The number of hydrogen-bond acceptors (Lipinski definition) is 3. The number of phenols is 1. The average molecular weight is 323 g/mol. The number of aryl methyl sites for hydroxylation is 2. The van der Waals surface area contributed by atoms with Gasteiger partial charge < -0.3 is 9.84 Å². The number of phenolic OH excluding ortho intramolecular Hbond substituents is 1. The summed E-state index contributed by atoms with van der Waals surface area (Å²) in [5.74, 6) is 0.555. The molecule has 4 nitrogen and oxygen atoms in total. The van der Waals surface area contributed by atoms with Crippen molar-refractivity contribution in [3.63, 3.8) is 0 Å². The lowest BCUT2D eigenvalue weighted by Gasteiger charge is -2.35. The predicted octanol–water partition coefficient (Wildman–Crippen LogP) is 4.02. The van der Waals surface area contributed by atoms with Gasteiger partial charge in [0, 0.05) is 12.5 Å². The summed E-state index contributed by atoms with van der Waals surface area (Å²) in [6.07, 6.45) is 2.06.